The molecule has 1 saturated heterocycles. The fourth-order valence-electron chi connectivity index (χ4n) is 3.40. The first kappa shape index (κ1) is 25.4. The Labute approximate surface area is 199 Å². The van der Waals surface area contributed by atoms with E-state index in [4.69, 9.17) is 4.74 Å². The summed E-state index contributed by atoms with van der Waals surface area (Å²) in [5.74, 6) is -0.183. The van der Waals surface area contributed by atoms with Gasteiger partial charge in [0.25, 0.3) is 0 Å². The molecule has 2 unspecified atom stereocenters. The van der Waals surface area contributed by atoms with E-state index >= 15 is 0 Å². The summed E-state index contributed by atoms with van der Waals surface area (Å²) < 4.78 is 34.6. The maximum absolute atomic E-state index is 13.6. The Morgan fingerprint density at radius 2 is 2.16 bits per heavy atom. The van der Waals surface area contributed by atoms with Gasteiger partial charge in [0.05, 0.1) is 18.7 Å². The van der Waals surface area contributed by atoms with E-state index in [9.17, 15) is 8.78 Å². The van der Waals surface area contributed by atoms with Crippen LogP contribution in [0.25, 0.3) is 0 Å². The van der Waals surface area contributed by atoms with E-state index in [-0.39, 0.29) is 36.1 Å². The topological polar surface area (TPSA) is 76.4 Å². The molecule has 0 radical (unpaired) electrons. The van der Waals surface area contributed by atoms with Gasteiger partial charge in [0.2, 0.25) is 0 Å². The Morgan fingerprint density at radius 3 is 2.87 bits per heavy atom. The molecule has 10 heteroatoms. The maximum atomic E-state index is 13.6. The first-order chi connectivity index (χ1) is 14.6. The molecule has 31 heavy (non-hydrogen) atoms. The summed E-state index contributed by atoms with van der Waals surface area (Å²) in [5, 5.41) is 14.6. The number of nitrogens with zero attached hydrogens (tertiary/aromatic N) is 4. The van der Waals surface area contributed by atoms with E-state index in [1.54, 1.807) is 12.4 Å². The van der Waals surface area contributed by atoms with Crippen molar-refractivity contribution >= 4 is 29.9 Å². The van der Waals surface area contributed by atoms with Crippen LogP contribution in [-0.4, -0.2) is 46.5 Å². The molecule has 0 saturated carbocycles. The Morgan fingerprint density at radius 1 is 1.32 bits per heavy atom. The molecule has 0 aliphatic carbocycles. The predicted octanol–water partition coefficient (Wildman–Crippen LogP) is 3.60. The van der Waals surface area contributed by atoms with Crippen molar-refractivity contribution in [1.82, 2.24) is 25.4 Å². The first-order valence-corrected chi connectivity index (χ1v) is 10.5. The minimum Gasteiger partial charge on any atom is -0.376 e. The minimum atomic E-state index is -0.858. The third-order valence-corrected chi connectivity index (χ3v) is 5.18. The van der Waals surface area contributed by atoms with E-state index in [1.165, 1.54) is 6.07 Å². The largest absolute Gasteiger partial charge is 0.376 e. The number of aryl methyl sites for hydroxylation is 1. The summed E-state index contributed by atoms with van der Waals surface area (Å²) in [7, 11) is 0. The molecule has 172 valence electrons. The van der Waals surface area contributed by atoms with Crippen molar-refractivity contribution in [3.05, 3.63) is 47.5 Å². The molecular formula is C21H31F2IN6O. The lowest BCUT2D eigenvalue weighted by Crippen LogP contribution is -2.41. The second kappa shape index (κ2) is 12.9. The number of nitrogens with one attached hydrogen (secondary N) is 2. The summed E-state index contributed by atoms with van der Waals surface area (Å²) in [6.45, 7) is 6.55. The second-order valence-corrected chi connectivity index (χ2v) is 7.44. The fourth-order valence-corrected chi connectivity index (χ4v) is 3.40. The summed E-state index contributed by atoms with van der Waals surface area (Å²) >= 11 is 0. The summed E-state index contributed by atoms with van der Waals surface area (Å²) in [4.78, 5) is 4.68. The molecule has 3 rings (SSSR count). The highest BCUT2D eigenvalue weighted by Gasteiger charge is 2.15. The highest BCUT2D eigenvalue weighted by molar-refractivity contribution is 14.0. The molecule has 2 N–H and O–H groups in total. The molecule has 2 atom stereocenters. The SMILES string of the molecule is CCc1nncn1CCNC(=NCC1CCCCO1)NC(C)c1ccc(F)c(F)c1.I. The lowest BCUT2D eigenvalue weighted by molar-refractivity contribution is 0.0224. The van der Waals surface area contributed by atoms with Crippen LogP contribution in [0, 0.1) is 11.6 Å². The lowest BCUT2D eigenvalue weighted by atomic mass is 10.1. The predicted molar refractivity (Wildman–Crippen MR) is 127 cm³/mol. The van der Waals surface area contributed by atoms with Crippen LogP contribution in [0.4, 0.5) is 8.78 Å². The van der Waals surface area contributed by atoms with Gasteiger partial charge in [-0.3, -0.25) is 4.99 Å². The molecular weight excluding hydrogens is 517 g/mol. The zero-order valence-electron chi connectivity index (χ0n) is 18.0. The van der Waals surface area contributed by atoms with Crippen molar-refractivity contribution in [2.45, 2.75) is 58.2 Å². The highest BCUT2D eigenvalue weighted by atomic mass is 127. The maximum Gasteiger partial charge on any atom is 0.191 e. The highest BCUT2D eigenvalue weighted by Crippen LogP contribution is 2.16. The normalized spacial score (nSPS) is 17.7. The summed E-state index contributed by atoms with van der Waals surface area (Å²) in [6, 6.07) is 3.67. The van der Waals surface area contributed by atoms with Gasteiger partial charge in [-0.1, -0.05) is 13.0 Å². The zero-order chi connectivity index (χ0) is 21.3. The Balaban J connectivity index is 0.00000341. The third kappa shape index (κ3) is 7.67. The van der Waals surface area contributed by atoms with Crippen LogP contribution in [0.1, 0.15) is 50.5 Å². The Bertz CT molecular complexity index is 841. The van der Waals surface area contributed by atoms with Crippen LogP contribution < -0.4 is 10.6 Å². The summed E-state index contributed by atoms with van der Waals surface area (Å²) in [5.41, 5.74) is 0.643. The molecule has 1 aliphatic heterocycles. The molecule has 1 aliphatic rings. The van der Waals surface area contributed by atoms with Crippen molar-refractivity contribution < 1.29 is 13.5 Å². The number of aromatic nitrogens is 3. The van der Waals surface area contributed by atoms with Gasteiger partial charge in [0.15, 0.2) is 17.6 Å². The van der Waals surface area contributed by atoms with E-state index in [0.29, 0.717) is 31.2 Å². The molecule has 0 bridgehead atoms. The van der Waals surface area contributed by atoms with Crippen molar-refractivity contribution in [3.63, 3.8) is 0 Å². The van der Waals surface area contributed by atoms with E-state index < -0.39 is 11.6 Å². The number of guanidine groups is 1. The minimum absolute atomic E-state index is 0. The lowest BCUT2D eigenvalue weighted by Gasteiger charge is -2.23. The number of aliphatic imine (C=N–C) groups is 1. The van der Waals surface area contributed by atoms with Crippen molar-refractivity contribution in [1.29, 1.82) is 0 Å². The standard InChI is InChI=1S/C21H30F2N6O.HI/c1-3-20-28-26-14-29(20)10-9-24-21(25-13-17-6-4-5-11-30-17)27-15(2)16-7-8-18(22)19(23)12-16;/h7-8,12,14-15,17H,3-6,9-11,13H2,1-2H3,(H2,24,25,27);1H. The van der Waals surface area contributed by atoms with Gasteiger partial charge in [-0.25, -0.2) is 8.78 Å². The van der Waals surface area contributed by atoms with Gasteiger partial charge in [0, 0.05) is 26.1 Å². The van der Waals surface area contributed by atoms with Crippen LogP contribution in [-0.2, 0) is 17.7 Å². The molecule has 0 amide bonds. The van der Waals surface area contributed by atoms with Gasteiger partial charge < -0.3 is 19.9 Å². The number of ether oxygens (including phenoxy) is 1. The second-order valence-electron chi connectivity index (χ2n) is 7.44. The molecule has 7 nitrogen and oxygen atoms in total. The van der Waals surface area contributed by atoms with Crippen molar-refractivity contribution in [3.8, 4) is 0 Å². The van der Waals surface area contributed by atoms with Crippen molar-refractivity contribution in [2.75, 3.05) is 19.7 Å². The molecule has 2 aromatic rings. The average molecular weight is 548 g/mol. The van der Waals surface area contributed by atoms with Crippen LogP contribution >= 0.6 is 24.0 Å². The molecule has 0 spiro atoms. The number of hydrogen-bond acceptors (Lipinski definition) is 4. The van der Waals surface area contributed by atoms with Gasteiger partial charge in [0.1, 0.15) is 12.2 Å². The van der Waals surface area contributed by atoms with Gasteiger partial charge in [-0.2, -0.15) is 0 Å². The fraction of sp³-hybridized carbons (Fsp3) is 0.571. The van der Waals surface area contributed by atoms with E-state index in [0.717, 1.165) is 44.2 Å². The number of hydrogen-bond donors (Lipinski definition) is 2. The third-order valence-electron chi connectivity index (χ3n) is 5.18. The summed E-state index contributed by atoms with van der Waals surface area (Å²) in [6.07, 6.45) is 5.87. The van der Waals surface area contributed by atoms with Crippen LogP contribution in [0.5, 0.6) is 0 Å². The Kier molecular flexibility index (Phi) is 10.6. The van der Waals surface area contributed by atoms with Gasteiger partial charge >= 0.3 is 0 Å². The average Bonchev–Trinajstić information content (AvgIpc) is 3.22. The van der Waals surface area contributed by atoms with Crippen molar-refractivity contribution in [2.24, 2.45) is 4.99 Å². The number of benzene rings is 1. The molecule has 1 fully saturated rings. The quantitative estimate of drug-likeness (QED) is 0.300. The molecule has 2 heterocycles. The van der Waals surface area contributed by atoms with Crippen LogP contribution in [0.3, 0.4) is 0 Å². The van der Waals surface area contributed by atoms with Crippen LogP contribution in [0.2, 0.25) is 0 Å². The first-order valence-electron chi connectivity index (χ1n) is 10.5. The monoisotopic (exact) mass is 548 g/mol. The van der Waals surface area contributed by atoms with E-state index in [2.05, 4.69) is 25.8 Å². The van der Waals surface area contributed by atoms with Gasteiger partial charge in [-0.15, -0.1) is 34.2 Å². The zero-order valence-corrected chi connectivity index (χ0v) is 20.3. The molecule has 1 aromatic heterocycles. The van der Waals surface area contributed by atoms with Crippen LogP contribution in [0.15, 0.2) is 29.5 Å². The number of rotatable bonds is 8. The Hall–Kier alpha value is -1.82. The van der Waals surface area contributed by atoms with E-state index in [1.807, 2.05) is 18.4 Å². The number of halogens is 3. The van der Waals surface area contributed by atoms with Gasteiger partial charge in [-0.05, 0) is 43.9 Å². The smallest absolute Gasteiger partial charge is 0.191 e. The molecule has 1 aromatic carbocycles.